The number of rotatable bonds is 2. The van der Waals surface area contributed by atoms with Gasteiger partial charge in [-0.25, -0.2) is 13.2 Å². The van der Waals surface area contributed by atoms with Crippen molar-refractivity contribution in [2.75, 3.05) is 11.1 Å². The molecule has 0 fully saturated rings. The Morgan fingerprint density at radius 1 is 1.10 bits per heavy atom. The fourth-order valence-corrected chi connectivity index (χ4v) is 1.61. The molecule has 0 saturated carbocycles. The molecule has 0 aliphatic rings. The third-order valence-corrected chi connectivity index (χ3v) is 2.58. The van der Waals surface area contributed by atoms with Crippen LogP contribution in [0, 0.1) is 17.5 Å². The third kappa shape index (κ3) is 2.37. The summed E-state index contributed by atoms with van der Waals surface area (Å²) >= 11 is 0. The second kappa shape index (κ2) is 5.12. The summed E-state index contributed by atoms with van der Waals surface area (Å²) in [6, 6.07) is 5.07. The first-order chi connectivity index (χ1) is 9.41. The molecule has 4 N–H and O–H groups in total. The Morgan fingerprint density at radius 2 is 1.80 bits per heavy atom. The molecule has 20 heavy (non-hydrogen) atoms. The molecule has 2 aromatic carbocycles. The minimum atomic E-state index is -1.37. The number of halogens is 3. The Balaban J connectivity index is 2.41. The third-order valence-electron chi connectivity index (χ3n) is 2.58. The zero-order valence-electron chi connectivity index (χ0n) is 9.95. The molecular weight excluding hydrogens is 273 g/mol. The summed E-state index contributed by atoms with van der Waals surface area (Å²) < 4.78 is 40.0. The smallest absolute Gasteiger partial charge is 0.262 e. The highest BCUT2D eigenvalue weighted by Crippen LogP contribution is 2.27. The number of aromatic hydroxyl groups is 1. The fraction of sp³-hybridized carbons (Fsp3) is 0. The van der Waals surface area contributed by atoms with Crippen LogP contribution in [0.2, 0.25) is 0 Å². The number of nitrogen functional groups attached to an aromatic ring is 1. The number of carbonyl (C=O) groups excluding carboxylic acids is 1. The lowest BCUT2D eigenvalue weighted by Gasteiger charge is -2.11. The summed E-state index contributed by atoms with van der Waals surface area (Å²) in [7, 11) is 0. The van der Waals surface area contributed by atoms with Crippen LogP contribution in [-0.4, -0.2) is 11.0 Å². The molecule has 0 aliphatic carbocycles. The van der Waals surface area contributed by atoms with E-state index in [0.29, 0.717) is 0 Å². The van der Waals surface area contributed by atoms with Gasteiger partial charge in [0, 0.05) is 0 Å². The van der Waals surface area contributed by atoms with Gasteiger partial charge in [-0.15, -0.1) is 0 Å². The van der Waals surface area contributed by atoms with Crippen LogP contribution in [0.5, 0.6) is 5.75 Å². The number of nitrogens with two attached hydrogens (primary N) is 1. The number of benzene rings is 2. The molecule has 0 unspecified atom stereocenters. The Morgan fingerprint density at radius 3 is 2.45 bits per heavy atom. The average molecular weight is 282 g/mol. The largest absolute Gasteiger partial charge is 0.507 e. The van der Waals surface area contributed by atoms with Crippen LogP contribution >= 0.6 is 0 Å². The standard InChI is InChI=1S/C13H9F3N2O2/c14-6-2-1-3-9(19)10(6)13(20)18-12-8(17)5-4-7(15)11(12)16/h1-5,19H,17H2,(H,18,20). The van der Waals surface area contributed by atoms with Gasteiger partial charge in [0.1, 0.15) is 22.8 Å². The van der Waals surface area contributed by atoms with Crippen molar-refractivity contribution in [2.45, 2.75) is 0 Å². The molecule has 0 bridgehead atoms. The quantitative estimate of drug-likeness (QED) is 0.741. The van der Waals surface area contributed by atoms with E-state index in [-0.39, 0.29) is 5.69 Å². The topological polar surface area (TPSA) is 75.3 Å². The predicted octanol–water partition coefficient (Wildman–Crippen LogP) is 2.64. The first kappa shape index (κ1) is 13.7. The van der Waals surface area contributed by atoms with E-state index < -0.39 is 40.4 Å². The van der Waals surface area contributed by atoms with E-state index in [1.165, 1.54) is 6.07 Å². The van der Waals surface area contributed by atoms with Crippen molar-refractivity contribution in [2.24, 2.45) is 0 Å². The van der Waals surface area contributed by atoms with Crippen LogP contribution in [0.4, 0.5) is 24.5 Å². The average Bonchev–Trinajstić information content (AvgIpc) is 2.39. The molecule has 2 rings (SSSR count). The van der Waals surface area contributed by atoms with Gasteiger partial charge in [0.05, 0.1) is 5.69 Å². The second-order valence-corrected chi connectivity index (χ2v) is 3.91. The molecular formula is C13H9F3N2O2. The Labute approximate surface area is 111 Å². The molecule has 0 saturated heterocycles. The van der Waals surface area contributed by atoms with Gasteiger partial charge >= 0.3 is 0 Å². The van der Waals surface area contributed by atoms with Crippen molar-refractivity contribution in [3.63, 3.8) is 0 Å². The first-order valence-corrected chi connectivity index (χ1v) is 5.44. The zero-order chi connectivity index (χ0) is 14.9. The van der Waals surface area contributed by atoms with Gasteiger partial charge in [0.25, 0.3) is 5.91 Å². The number of hydrogen-bond acceptors (Lipinski definition) is 3. The van der Waals surface area contributed by atoms with Crippen LogP contribution < -0.4 is 11.1 Å². The lowest BCUT2D eigenvalue weighted by molar-refractivity contribution is 0.102. The fourth-order valence-electron chi connectivity index (χ4n) is 1.61. The van der Waals surface area contributed by atoms with E-state index in [1.54, 1.807) is 0 Å². The monoisotopic (exact) mass is 282 g/mol. The van der Waals surface area contributed by atoms with Gasteiger partial charge in [-0.05, 0) is 24.3 Å². The van der Waals surface area contributed by atoms with Crippen LogP contribution in [-0.2, 0) is 0 Å². The van der Waals surface area contributed by atoms with E-state index in [0.717, 1.165) is 24.3 Å². The Bertz CT molecular complexity index is 669. The number of amides is 1. The van der Waals surface area contributed by atoms with Crippen molar-refractivity contribution < 1.29 is 23.1 Å². The number of carbonyl (C=O) groups is 1. The molecule has 4 nitrogen and oxygen atoms in total. The lowest BCUT2D eigenvalue weighted by atomic mass is 10.1. The Hall–Kier alpha value is -2.70. The molecule has 7 heteroatoms. The summed E-state index contributed by atoms with van der Waals surface area (Å²) in [6.07, 6.45) is 0. The number of phenols is 1. The van der Waals surface area contributed by atoms with Gasteiger partial charge in [0.2, 0.25) is 0 Å². The highest BCUT2D eigenvalue weighted by Gasteiger charge is 2.20. The van der Waals surface area contributed by atoms with Gasteiger partial charge in [-0.3, -0.25) is 4.79 Å². The molecule has 0 aliphatic heterocycles. The summed E-state index contributed by atoms with van der Waals surface area (Å²) in [4.78, 5) is 11.8. The second-order valence-electron chi connectivity index (χ2n) is 3.91. The molecule has 0 atom stereocenters. The summed E-state index contributed by atoms with van der Waals surface area (Å²) in [5, 5.41) is 11.4. The maximum atomic E-state index is 13.5. The minimum Gasteiger partial charge on any atom is -0.507 e. The summed E-state index contributed by atoms with van der Waals surface area (Å²) in [5.74, 6) is -5.35. The zero-order valence-corrected chi connectivity index (χ0v) is 9.95. The van der Waals surface area contributed by atoms with Crippen LogP contribution in [0.25, 0.3) is 0 Å². The van der Waals surface area contributed by atoms with Crippen molar-refractivity contribution in [3.05, 3.63) is 53.3 Å². The molecule has 104 valence electrons. The molecule has 0 radical (unpaired) electrons. The molecule has 0 heterocycles. The van der Waals surface area contributed by atoms with Gasteiger partial charge in [0.15, 0.2) is 11.6 Å². The van der Waals surface area contributed by atoms with Gasteiger partial charge in [-0.1, -0.05) is 6.07 Å². The summed E-state index contributed by atoms with van der Waals surface area (Å²) in [6.45, 7) is 0. The van der Waals surface area contributed by atoms with Crippen LogP contribution in [0.3, 0.4) is 0 Å². The van der Waals surface area contributed by atoms with Gasteiger partial charge < -0.3 is 16.2 Å². The van der Waals surface area contributed by atoms with E-state index in [4.69, 9.17) is 5.73 Å². The van der Waals surface area contributed by atoms with E-state index in [2.05, 4.69) is 0 Å². The number of phenolic OH excluding ortho intramolecular Hbond substituents is 1. The van der Waals surface area contributed by atoms with Crippen molar-refractivity contribution >= 4 is 17.3 Å². The normalized spacial score (nSPS) is 10.3. The Kier molecular flexibility index (Phi) is 3.51. The highest BCUT2D eigenvalue weighted by molar-refractivity contribution is 6.07. The van der Waals surface area contributed by atoms with Gasteiger partial charge in [-0.2, -0.15) is 0 Å². The SMILES string of the molecule is Nc1ccc(F)c(F)c1NC(=O)c1c(O)cccc1F. The van der Waals surface area contributed by atoms with Crippen molar-refractivity contribution in [1.82, 2.24) is 0 Å². The summed E-state index contributed by atoms with van der Waals surface area (Å²) in [5.41, 5.74) is 3.89. The van der Waals surface area contributed by atoms with Crippen molar-refractivity contribution in [1.29, 1.82) is 0 Å². The molecule has 1 amide bonds. The number of anilines is 2. The maximum absolute atomic E-state index is 13.5. The first-order valence-electron chi connectivity index (χ1n) is 5.44. The van der Waals surface area contributed by atoms with Crippen LogP contribution in [0.15, 0.2) is 30.3 Å². The lowest BCUT2D eigenvalue weighted by Crippen LogP contribution is -2.16. The minimum absolute atomic E-state index is 0.229. The van der Waals surface area contributed by atoms with E-state index >= 15 is 0 Å². The predicted molar refractivity (Wildman–Crippen MR) is 66.8 cm³/mol. The number of nitrogens with one attached hydrogen (secondary N) is 1. The van der Waals surface area contributed by atoms with Crippen molar-refractivity contribution in [3.8, 4) is 5.75 Å². The van der Waals surface area contributed by atoms with E-state index in [1.807, 2.05) is 5.32 Å². The maximum Gasteiger partial charge on any atom is 0.262 e. The molecule has 2 aromatic rings. The molecule has 0 spiro atoms. The molecule has 0 aromatic heterocycles. The highest BCUT2D eigenvalue weighted by atomic mass is 19.2. The van der Waals surface area contributed by atoms with Crippen LogP contribution in [0.1, 0.15) is 10.4 Å². The van der Waals surface area contributed by atoms with E-state index in [9.17, 15) is 23.1 Å². The number of hydrogen-bond donors (Lipinski definition) is 3.